The number of hydrogen-bond donors (Lipinski definition) is 2. The Kier molecular flexibility index (Phi) is 6.17. The first-order valence-electron chi connectivity index (χ1n) is 5.33. The molecule has 4 nitrogen and oxygen atoms in total. The van der Waals surface area contributed by atoms with E-state index in [0.717, 1.165) is 5.75 Å². The van der Waals surface area contributed by atoms with Crippen molar-refractivity contribution in [3.8, 4) is 0 Å². The van der Waals surface area contributed by atoms with Gasteiger partial charge < -0.3 is 10.4 Å². The lowest BCUT2D eigenvalue weighted by atomic mass is 10.2. The number of benzene rings is 1. The number of thioether (sulfide) groups is 1. The van der Waals surface area contributed by atoms with Gasteiger partial charge in [-0.3, -0.25) is 9.59 Å². The number of nitrogens with one attached hydrogen (secondary N) is 1. The first-order chi connectivity index (χ1) is 8.20. The Balaban J connectivity index is 2.11. The molecule has 0 fully saturated rings. The molecule has 0 bridgehead atoms. The third-order valence-electron chi connectivity index (χ3n) is 2.03. The van der Waals surface area contributed by atoms with Gasteiger partial charge in [-0.1, -0.05) is 18.2 Å². The van der Waals surface area contributed by atoms with Crippen LogP contribution in [0.1, 0.15) is 16.8 Å². The van der Waals surface area contributed by atoms with E-state index in [9.17, 15) is 9.59 Å². The van der Waals surface area contributed by atoms with Gasteiger partial charge in [0, 0.05) is 23.6 Å². The van der Waals surface area contributed by atoms with Gasteiger partial charge in [0.1, 0.15) is 0 Å². The minimum absolute atomic E-state index is 0.0931. The number of rotatable bonds is 7. The van der Waals surface area contributed by atoms with E-state index in [2.05, 4.69) is 5.32 Å². The van der Waals surface area contributed by atoms with Crippen LogP contribution >= 0.6 is 11.8 Å². The lowest BCUT2D eigenvalue weighted by molar-refractivity contribution is -0.136. The molecular weight excluding hydrogens is 238 g/mol. The van der Waals surface area contributed by atoms with Gasteiger partial charge in [-0.25, -0.2) is 0 Å². The average Bonchev–Trinajstić information content (AvgIpc) is 2.34. The summed E-state index contributed by atoms with van der Waals surface area (Å²) >= 11 is 1.52. The number of carbonyl (C=O) groups is 2. The summed E-state index contributed by atoms with van der Waals surface area (Å²) in [4.78, 5) is 21.8. The predicted molar refractivity (Wildman–Crippen MR) is 68.4 cm³/mol. The van der Waals surface area contributed by atoms with E-state index in [1.54, 1.807) is 12.1 Å². The molecular formula is C12H15NO3S. The lowest BCUT2D eigenvalue weighted by Crippen LogP contribution is -2.25. The molecule has 92 valence electrons. The highest BCUT2D eigenvalue weighted by atomic mass is 32.2. The number of carboxylic acid groups (broad SMARTS) is 1. The van der Waals surface area contributed by atoms with Crippen molar-refractivity contribution in [3.63, 3.8) is 0 Å². The van der Waals surface area contributed by atoms with Crippen molar-refractivity contribution >= 4 is 23.6 Å². The van der Waals surface area contributed by atoms with Crippen molar-refractivity contribution in [1.29, 1.82) is 0 Å². The van der Waals surface area contributed by atoms with Crippen LogP contribution in [-0.2, 0) is 4.79 Å². The maximum absolute atomic E-state index is 11.6. The van der Waals surface area contributed by atoms with E-state index in [-0.39, 0.29) is 12.3 Å². The Labute approximate surface area is 104 Å². The quantitative estimate of drug-likeness (QED) is 0.725. The maximum Gasteiger partial charge on any atom is 0.304 e. The van der Waals surface area contributed by atoms with E-state index >= 15 is 0 Å². The Morgan fingerprint density at radius 3 is 2.53 bits per heavy atom. The van der Waals surface area contributed by atoms with Gasteiger partial charge in [-0.2, -0.15) is 11.8 Å². The number of amides is 1. The molecule has 1 aromatic rings. The summed E-state index contributed by atoms with van der Waals surface area (Å²) in [6.07, 6.45) is 0.164. The van der Waals surface area contributed by atoms with Crippen LogP contribution in [0.5, 0.6) is 0 Å². The minimum Gasteiger partial charge on any atom is -0.481 e. The highest BCUT2D eigenvalue weighted by Crippen LogP contribution is 2.02. The molecule has 0 saturated carbocycles. The Morgan fingerprint density at radius 1 is 1.18 bits per heavy atom. The van der Waals surface area contributed by atoms with E-state index in [4.69, 9.17) is 5.11 Å². The van der Waals surface area contributed by atoms with Crippen LogP contribution in [0.4, 0.5) is 0 Å². The van der Waals surface area contributed by atoms with Crippen molar-refractivity contribution < 1.29 is 14.7 Å². The molecule has 1 aromatic carbocycles. The molecule has 0 saturated heterocycles. The van der Waals surface area contributed by atoms with Gasteiger partial charge in [0.2, 0.25) is 0 Å². The zero-order valence-corrected chi connectivity index (χ0v) is 10.2. The molecule has 5 heteroatoms. The Hall–Kier alpha value is -1.49. The number of carboxylic acids is 1. The van der Waals surface area contributed by atoms with Gasteiger partial charge in [0.15, 0.2) is 0 Å². The van der Waals surface area contributed by atoms with Crippen LogP contribution in [0.3, 0.4) is 0 Å². The highest BCUT2D eigenvalue weighted by Gasteiger charge is 2.02. The molecule has 0 atom stereocenters. The molecule has 0 aliphatic carbocycles. The Morgan fingerprint density at radius 2 is 1.88 bits per heavy atom. The third kappa shape index (κ3) is 5.97. The molecule has 2 N–H and O–H groups in total. The van der Waals surface area contributed by atoms with Crippen LogP contribution in [0.2, 0.25) is 0 Å². The largest absolute Gasteiger partial charge is 0.481 e. The molecule has 1 rings (SSSR count). The summed E-state index contributed by atoms with van der Waals surface area (Å²) in [6.45, 7) is 0.554. The zero-order chi connectivity index (χ0) is 12.5. The van der Waals surface area contributed by atoms with E-state index < -0.39 is 5.97 Å². The molecule has 0 aliphatic heterocycles. The van der Waals surface area contributed by atoms with Crippen LogP contribution in [-0.4, -0.2) is 35.0 Å². The smallest absolute Gasteiger partial charge is 0.304 e. The molecule has 0 aromatic heterocycles. The summed E-state index contributed by atoms with van der Waals surface area (Å²) in [7, 11) is 0. The minimum atomic E-state index is -0.786. The number of hydrogen-bond acceptors (Lipinski definition) is 3. The topological polar surface area (TPSA) is 66.4 Å². The van der Waals surface area contributed by atoms with Gasteiger partial charge in [-0.05, 0) is 12.1 Å². The van der Waals surface area contributed by atoms with E-state index in [1.807, 2.05) is 18.2 Å². The summed E-state index contributed by atoms with van der Waals surface area (Å²) in [5.41, 5.74) is 0.642. The van der Waals surface area contributed by atoms with E-state index in [1.165, 1.54) is 11.8 Å². The second-order valence-electron chi connectivity index (χ2n) is 3.38. The van der Waals surface area contributed by atoms with Crippen molar-refractivity contribution in [2.24, 2.45) is 0 Å². The van der Waals surface area contributed by atoms with Crippen molar-refractivity contribution in [1.82, 2.24) is 5.32 Å². The number of carbonyl (C=O) groups excluding carboxylic acids is 1. The normalized spacial score (nSPS) is 9.88. The first-order valence-corrected chi connectivity index (χ1v) is 6.48. The number of aliphatic carboxylic acids is 1. The van der Waals surface area contributed by atoms with Crippen molar-refractivity contribution in [2.75, 3.05) is 18.1 Å². The standard InChI is InChI=1S/C12H15NO3S/c14-11(15)6-8-17-9-7-13-12(16)10-4-2-1-3-5-10/h1-5H,6-9H2,(H,13,16)(H,14,15). The maximum atomic E-state index is 11.6. The van der Waals surface area contributed by atoms with E-state index in [0.29, 0.717) is 17.9 Å². The summed E-state index contributed by atoms with van der Waals surface area (Å²) in [5, 5.41) is 11.2. The Bertz CT molecular complexity index is 367. The third-order valence-corrected chi connectivity index (χ3v) is 3.01. The van der Waals surface area contributed by atoms with Gasteiger partial charge in [0.05, 0.1) is 6.42 Å². The van der Waals surface area contributed by atoms with Crippen LogP contribution in [0.25, 0.3) is 0 Å². The molecule has 0 spiro atoms. The van der Waals surface area contributed by atoms with Crippen LogP contribution in [0, 0.1) is 0 Å². The van der Waals surface area contributed by atoms with Crippen LogP contribution < -0.4 is 5.32 Å². The summed E-state index contributed by atoms with van der Waals surface area (Å²) < 4.78 is 0. The van der Waals surface area contributed by atoms with Gasteiger partial charge in [0.25, 0.3) is 5.91 Å². The molecule has 0 heterocycles. The second kappa shape index (κ2) is 7.73. The monoisotopic (exact) mass is 253 g/mol. The SMILES string of the molecule is O=C(O)CCSCCNC(=O)c1ccccc1. The molecule has 0 radical (unpaired) electrons. The van der Waals surface area contributed by atoms with Crippen molar-refractivity contribution in [3.05, 3.63) is 35.9 Å². The van der Waals surface area contributed by atoms with Gasteiger partial charge >= 0.3 is 5.97 Å². The zero-order valence-electron chi connectivity index (χ0n) is 9.39. The lowest BCUT2D eigenvalue weighted by Gasteiger charge is -2.04. The van der Waals surface area contributed by atoms with Gasteiger partial charge in [-0.15, -0.1) is 0 Å². The molecule has 1 amide bonds. The molecule has 0 unspecified atom stereocenters. The first kappa shape index (κ1) is 13.6. The predicted octanol–water partition coefficient (Wildman–Crippen LogP) is 1.62. The fourth-order valence-corrected chi connectivity index (χ4v) is 1.96. The molecule has 0 aliphatic rings. The average molecular weight is 253 g/mol. The molecule has 17 heavy (non-hydrogen) atoms. The summed E-state index contributed by atoms with van der Waals surface area (Å²) in [5.74, 6) is 0.429. The fraction of sp³-hybridized carbons (Fsp3) is 0.333. The summed E-state index contributed by atoms with van der Waals surface area (Å²) in [6, 6.07) is 9.01. The fourth-order valence-electron chi connectivity index (χ4n) is 1.19. The van der Waals surface area contributed by atoms with Crippen molar-refractivity contribution in [2.45, 2.75) is 6.42 Å². The highest BCUT2D eigenvalue weighted by molar-refractivity contribution is 7.99. The van der Waals surface area contributed by atoms with Crippen LogP contribution in [0.15, 0.2) is 30.3 Å². The second-order valence-corrected chi connectivity index (χ2v) is 4.60.